The molecule has 1 aromatic heterocycles. The lowest BCUT2D eigenvalue weighted by Gasteiger charge is -2.32. The highest BCUT2D eigenvalue weighted by Crippen LogP contribution is 2.30. The van der Waals surface area contributed by atoms with E-state index in [1.807, 2.05) is 41.3 Å². The molecule has 3 rings (SSSR count). The Balaban J connectivity index is 1.66. The first kappa shape index (κ1) is 19.4. The van der Waals surface area contributed by atoms with E-state index in [0.29, 0.717) is 29.5 Å². The quantitative estimate of drug-likeness (QED) is 0.817. The number of carbonyl (C=O) groups is 1. The van der Waals surface area contributed by atoms with E-state index in [-0.39, 0.29) is 11.8 Å². The van der Waals surface area contributed by atoms with Gasteiger partial charge < -0.3 is 4.90 Å². The van der Waals surface area contributed by atoms with E-state index in [1.165, 1.54) is 11.3 Å². The average molecular weight is 413 g/mol. The van der Waals surface area contributed by atoms with Gasteiger partial charge in [-0.3, -0.25) is 4.79 Å². The van der Waals surface area contributed by atoms with Gasteiger partial charge in [0.15, 0.2) is 0 Å². The number of amides is 1. The topological polar surface area (TPSA) is 66.5 Å². The Morgan fingerprint density at radius 3 is 2.69 bits per heavy atom. The van der Waals surface area contributed by atoms with Crippen LogP contribution in [0.3, 0.4) is 0 Å². The minimum absolute atomic E-state index is 0.0132. The molecule has 0 saturated carbocycles. The summed E-state index contributed by atoms with van der Waals surface area (Å²) in [6, 6.07) is 11.4. The molecule has 0 aliphatic carbocycles. The number of rotatable bonds is 5. The summed E-state index contributed by atoms with van der Waals surface area (Å²) in [6.07, 6.45) is 2.96. The van der Waals surface area contributed by atoms with E-state index in [4.69, 9.17) is 11.6 Å². The Morgan fingerprint density at radius 1 is 1.27 bits per heavy atom. The molecule has 1 aromatic carbocycles. The molecule has 1 fully saturated rings. The minimum atomic E-state index is -3.20. The molecular formula is C18H21ClN2O3S2. The van der Waals surface area contributed by atoms with Crippen molar-refractivity contribution >= 4 is 38.9 Å². The van der Waals surface area contributed by atoms with Gasteiger partial charge in [0.05, 0.1) is 11.1 Å². The lowest BCUT2D eigenvalue weighted by molar-refractivity contribution is 0.0681. The summed E-state index contributed by atoms with van der Waals surface area (Å²) in [5.74, 6) is 0.164. The molecule has 0 bridgehead atoms. The zero-order valence-electron chi connectivity index (χ0n) is 14.4. The first-order chi connectivity index (χ1) is 12.3. The normalized spacial score (nSPS) is 18.1. The van der Waals surface area contributed by atoms with E-state index in [9.17, 15) is 13.2 Å². The molecule has 26 heavy (non-hydrogen) atoms. The van der Waals surface area contributed by atoms with Crippen molar-refractivity contribution in [2.24, 2.45) is 5.92 Å². The summed E-state index contributed by atoms with van der Waals surface area (Å²) in [4.78, 5) is 16.4. The first-order valence-corrected chi connectivity index (χ1v) is 11.5. The number of hydrogen-bond donors (Lipinski definition) is 1. The Hall–Kier alpha value is -1.41. The van der Waals surface area contributed by atoms with E-state index in [1.54, 1.807) is 0 Å². The predicted octanol–water partition coefficient (Wildman–Crippen LogP) is 3.47. The van der Waals surface area contributed by atoms with E-state index in [0.717, 1.165) is 29.5 Å². The first-order valence-electron chi connectivity index (χ1n) is 8.41. The van der Waals surface area contributed by atoms with Crippen LogP contribution in [0.25, 0.3) is 10.4 Å². The predicted molar refractivity (Wildman–Crippen MR) is 106 cm³/mol. The van der Waals surface area contributed by atoms with Crippen molar-refractivity contribution in [1.82, 2.24) is 9.62 Å². The molecule has 1 unspecified atom stereocenters. The summed E-state index contributed by atoms with van der Waals surface area (Å²) < 4.78 is 25.1. The standard InChI is InChI=1S/C18H21ClN2O3S2/c1-26(23,24)20-11-13-3-2-10-21(12-13)18(22)17-9-8-16(25-17)14-4-6-15(19)7-5-14/h4-9,13,20H,2-3,10-12H2,1H3. The minimum Gasteiger partial charge on any atom is -0.338 e. The Labute approximate surface area is 163 Å². The van der Waals surface area contributed by atoms with Crippen molar-refractivity contribution in [3.63, 3.8) is 0 Å². The number of nitrogens with zero attached hydrogens (tertiary/aromatic N) is 1. The SMILES string of the molecule is CS(=O)(=O)NCC1CCCN(C(=O)c2ccc(-c3ccc(Cl)cc3)s2)C1. The summed E-state index contributed by atoms with van der Waals surface area (Å²) in [5, 5.41) is 0.684. The van der Waals surface area contributed by atoms with Gasteiger partial charge in [0, 0.05) is 29.5 Å². The van der Waals surface area contributed by atoms with Crippen LogP contribution in [0.2, 0.25) is 5.02 Å². The van der Waals surface area contributed by atoms with E-state index >= 15 is 0 Å². The molecule has 1 saturated heterocycles. The van der Waals surface area contributed by atoms with Crippen molar-refractivity contribution in [3.05, 3.63) is 46.3 Å². The fourth-order valence-electron chi connectivity index (χ4n) is 3.06. The third-order valence-corrected chi connectivity index (χ3v) is 6.45. The van der Waals surface area contributed by atoms with Crippen LogP contribution < -0.4 is 4.72 Å². The van der Waals surface area contributed by atoms with Crippen molar-refractivity contribution in [2.45, 2.75) is 12.8 Å². The molecule has 2 heterocycles. The second-order valence-corrected chi connectivity index (χ2v) is 9.90. The largest absolute Gasteiger partial charge is 0.338 e. The highest BCUT2D eigenvalue weighted by molar-refractivity contribution is 7.88. The fraction of sp³-hybridized carbons (Fsp3) is 0.389. The molecule has 140 valence electrons. The monoisotopic (exact) mass is 412 g/mol. The second kappa shape index (κ2) is 8.08. The molecule has 2 aromatic rings. The molecule has 5 nitrogen and oxygen atoms in total. The zero-order valence-corrected chi connectivity index (χ0v) is 16.8. The van der Waals surface area contributed by atoms with Gasteiger partial charge >= 0.3 is 0 Å². The number of nitrogens with one attached hydrogen (secondary N) is 1. The van der Waals surface area contributed by atoms with Crippen LogP contribution in [0.1, 0.15) is 22.5 Å². The van der Waals surface area contributed by atoms with Crippen molar-refractivity contribution in [1.29, 1.82) is 0 Å². The fourth-order valence-corrected chi connectivity index (χ4v) is 4.71. The van der Waals surface area contributed by atoms with E-state index < -0.39 is 10.0 Å². The maximum Gasteiger partial charge on any atom is 0.263 e. The number of piperidine rings is 1. The number of halogens is 1. The molecule has 1 aliphatic heterocycles. The summed E-state index contributed by atoms with van der Waals surface area (Å²) in [5.41, 5.74) is 1.03. The van der Waals surface area contributed by atoms with Crippen LogP contribution >= 0.6 is 22.9 Å². The Morgan fingerprint density at radius 2 is 2.00 bits per heavy atom. The number of thiophene rings is 1. The number of benzene rings is 1. The van der Waals surface area contributed by atoms with Crippen molar-refractivity contribution in [2.75, 3.05) is 25.9 Å². The van der Waals surface area contributed by atoms with Crippen molar-refractivity contribution in [3.8, 4) is 10.4 Å². The molecule has 0 spiro atoms. The number of hydrogen-bond acceptors (Lipinski definition) is 4. The van der Waals surface area contributed by atoms with Crippen LogP contribution in [-0.4, -0.2) is 45.1 Å². The van der Waals surface area contributed by atoms with Gasteiger partial charge in [-0.1, -0.05) is 23.7 Å². The summed E-state index contributed by atoms with van der Waals surface area (Å²) >= 11 is 7.39. The van der Waals surface area contributed by atoms with Crippen molar-refractivity contribution < 1.29 is 13.2 Å². The van der Waals surface area contributed by atoms with Gasteiger partial charge in [-0.15, -0.1) is 11.3 Å². The zero-order chi connectivity index (χ0) is 18.7. The molecule has 8 heteroatoms. The van der Waals surface area contributed by atoms with Gasteiger partial charge in [0.1, 0.15) is 0 Å². The molecule has 1 N–H and O–H groups in total. The molecule has 1 atom stereocenters. The van der Waals surface area contributed by atoms with Crippen LogP contribution in [0, 0.1) is 5.92 Å². The van der Waals surface area contributed by atoms with Crippen LogP contribution in [0.15, 0.2) is 36.4 Å². The van der Waals surface area contributed by atoms with Gasteiger partial charge in [-0.05, 0) is 48.6 Å². The number of carbonyl (C=O) groups excluding carboxylic acids is 1. The van der Waals surface area contributed by atoms with Crippen LogP contribution in [-0.2, 0) is 10.0 Å². The smallest absolute Gasteiger partial charge is 0.263 e. The lowest BCUT2D eigenvalue weighted by atomic mass is 9.98. The average Bonchev–Trinajstić information content (AvgIpc) is 3.10. The van der Waals surface area contributed by atoms with E-state index in [2.05, 4.69) is 4.72 Å². The van der Waals surface area contributed by atoms with Gasteiger partial charge in [0.25, 0.3) is 5.91 Å². The number of sulfonamides is 1. The van der Waals surface area contributed by atoms with Crippen LogP contribution in [0.4, 0.5) is 0 Å². The van der Waals surface area contributed by atoms with Gasteiger partial charge in [-0.25, -0.2) is 13.1 Å². The summed E-state index contributed by atoms with van der Waals surface area (Å²) in [6.45, 7) is 1.67. The van der Waals surface area contributed by atoms with Crippen LogP contribution in [0.5, 0.6) is 0 Å². The maximum atomic E-state index is 12.8. The second-order valence-electron chi connectivity index (χ2n) is 6.55. The molecule has 1 amide bonds. The highest BCUT2D eigenvalue weighted by atomic mass is 35.5. The Kier molecular flexibility index (Phi) is 6.02. The number of likely N-dealkylation sites (tertiary alicyclic amines) is 1. The molecule has 0 radical (unpaired) electrons. The molecular weight excluding hydrogens is 392 g/mol. The maximum absolute atomic E-state index is 12.8. The molecule has 1 aliphatic rings. The lowest BCUT2D eigenvalue weighted by Crippen LogP contribution is -2.43. The highest BCUT2D eigenvalue weighted by Gasteiger charge is 2.26. The Bertz CT molecular complexity index is 878. The third kappa shape index (κ3) is 5.07. The van der Waals surface area contributed by atoms with Gasteiger partial charge in [-0.2, -0.15) is 0 Å². The summed E-state index contributed by atoms with van der Waals surface area (Å²) in [7, 11) is -3.20. The van der Waals surface area contributed by atoms with Gasteiger partial charge in [0.2, 0.25) is 10.0 Å². The third-order valence-electron chi connectivity index (χ3n) is 4.39.